The van der Waals surface area contributed by atoms with Gasteiger partial charge >= 0.3 is 6.18 Å². The van der Waals surface area contributed by atoms with Crippen LogP contribution in [-0.4, -0.2) is 4.98 Å². The van der Waals surface area contributed by atoms with E-state index in [4.69, 9.17) is 0 Å². The lowest BCUT2D eigenvalue weighted by Crippen LogP contribution is -2.10. The molecule has 0 amide bonds. The van der Waals surface area contributed by atoms with Crippen molar-refractivity contribution >= 4 is 12.2 Å². The maximum absolute atomic E-state index is 12.9. The second-order valence-electron chi connectivity index (χ2n) is 4.81. The highest BCUT2D eigenvalue weighted by molar-refractivity contribution is 5.69. The van der Waals surface area contributed by atoms with E-state index >= 15 is 0 Å². The lowest BCUT2D eigenvalue weighted by Gasteiger charge is -2.13. The van der Waals surface area contributed by atoms with Crippen LogP contribution in [0.5, 0.6) is 0 Å². The van der Waals surface area contributed by atoms with Gasteiger partial charge in [0.05, 0.1) is 5.56 Å². The summed E-state index contributed by atoms with van der Waals surface area (Å²) in [4.78, 5) is 15.0. The third-order valence-electron chi connectivity index (χ3n) is 3.36. The standard InChI is InChI=1S/C17H14F3NO/c1-4-12-14(5-2)21-15(9-16(12)22)13-8-11(17(18,19)20)7-6-10(13)3/h4-9H,1-2H2,3H3,(H,21,22). The zero-order valence-electron chi connectivity index (χ0n) is 11.9. The maximum atomic E-state index is 12.9. The predicted molar refractivity (Wildman–Crippen MR) is 82.4 cm³/mol. The van der Waals surface area contributed by atoms with Gasteiger partial charge in [-0.3, -0.25) is 4.79 Å². The number of hydrogen-bond donors (Lipinski definition) is 1. The molecule has 1 N–H and O–H groups in total. The second-order valence-corrected chi connectivity index (χ2v) is 4.81. The number of aromatic amines is 1. The highest BCUT2D eigenvalue weighted by atomic mass is 19.4. The van der Waals surface area contributed by atoms with Crippen molar-refractivity contribution in [2.24, 2.45) is 0 Å². The normalized spacial score (nSPS) is 11.3. The van der Waals surface area contributed by atoms with Crippen LogP contribution in [0, 0.1) is 6.92 Å². The molecule has 0 aliphatic heterocycles. The van der Waals surface area contributed by atoms with Gasteiger partial charge in [0, 0.05) is 28.6 Å². The molecule has 0 aliphatic rings. The first-order valence-corrected chi connectivity index (χ1v) is 6.48. The van der Waals surface area contributed by atoms with Gasteiger partial charge in [-0.1, -0.05) is 25.3 Å². The summed E-state index contributed by atoms with van der Waals surface area (Å²) >= 11 is 0. The van der Waals surface area contributed by atoms with E-state index in [-0.39, 0.29) is 5.43 Å². The molecule has 1 aromatic heterocycles. The Morgan fingerprint density at radius 2 is 1.82 bits per heavy atom. The number of hydrogen-bond acceptors (Lipinski definition) is 1. The van der Waals surface area contributed by atoms with Gasteiger partial charge in [-0.2, -0.15) is 13.2 Å². The zero-order chi connectivity index (χ0) is 16.5. The molecule has 1 heterocycles. The minimum Gasteiger partial charge on any atom is -0.354 e. The minimum absolute atomic E-state index is 0.314. The molecule has 1 aromatic carbocycles. The summed E-state index contributed by atoms with van der Waals surface area (Å²) in [7, 11) is 0. The molecule has 2 aromatic rings. The van der Waals surface area contributed by atoms with E-state index < -0.39 is 11.7 Å². The van der Waals surface area contributed by atoms with Crippen LogP contribution in [0.2, 0.25) is 0 Å². The van der Waals surface area contributed by atoms with Gasteiger partial charge in [-0.25, -0.2) is 0 Å². The molecular weight excluding hydrogens is 291 g/mol. The Labute approximate surface area is 125 Å². The van der Waals surface area contributed by atoms with Crippen LogP contribution < -0.4 is 5.43 Å². The van der Waals surface area contributed by atoms with Crippen molar-refractivity contribution in [1.29, 1.82) is 0 Å². The predicted octanol–water partition coefficient (Wildman–Crippen LogP) is 4.66. The van der Waals surface area contributed by atoms with Crippen LogP contribution in [0.3, 0.4) is 0 Å². The molecule has 0 spiro atoms. The SMILES string of the molecule is C=Cc1[nH]c(-c2cc(C(F)(F)F)ccc2C)cc(=O)c1C=C. The van der Waals surface area contributed by atoms with E-state index in [1.165, 1.54) is 24.3 Å². The molecule has 0 fully saturated rings. The Balaban J connectivity index is 2.72. The van der Waals surface area contributed by atoms with Crippen molar-refractivity contribution < 1.29 is 13.2 Å². The number of benzene rings is 1. The van der Waals surface area contributed by atoms with E-state index in [0.29, 0.717) is 28.1 Å². The maximum Gasteiger partial charge on any atom is 0.416 e. The van der Waals surface area contributed by atoms with Gasteiger partial charge < -0.3 is 4.98 Å². The van der Waals surface area contributed by atoms with Crippen LogP contribution in [0.15, 0.2) is 42.2 Å². The fourth-order valence-electron chi connectivity index (χ4n) is 2.20. The van der Waals surface area contributed by atoms with E-state index in [2.05, 4.69) is 18.1 Å². The first-order valence-electron chi connectivity index (χ1n) is 6.48. The monoisotopic (exact) mass is 305 g/mol. The number of pyridine rings is 1. The lowest BCUT2D eigenvalue weighted by atomic mass is 10.00. The zero-order valence-corrected chi connectivity index (χ0v) is 11.9. The van der Waals surface area contributed by atoms with Crippen LogP contribution in [-0.2, 0) is 6.18 Å². The average Bonchev–Trinajstić information content (AvgIpc) is 2.45. The summed E-state index contributed by atoms with van der Waals surface area (Å²) in [5.41, 5.74) is 0.944. The van der Waals surface area contributed by atoms with Crippen molar-refractivity contribution in [3.63, 3.8) is 0 Å². The summed E-state index contributed by atoms with van der Waals surface area (Å²) in [6, 6.07) is 4.70. The first-order chi connectivity index (χ1) is 10.3. The molecule has 0 bridgehead atoms. The van der Waals surface area contributed by atoms with Crippen LogP contribution in [0.4, 0.5) is 13.2 Å². The molecule has 0 unspecified atom stereocenters. The van der Waals surface area contributed by atoms with Crippen molar-refractivity contribution in [3.8, 4) is 11.3 Å². The minimum atomic E-state index is -4.44. The summed E-state index contributed by atoms with van der Waals surface area (Å²) in [6.07, 6.45) is -1.62. The molecule has 5 heteroatoms. The highest BCUT2D eigenvalue weighted by Crippen LogP contribution is 2.33. The number of aryl methyl sites for hydroxylation is 1. The molecule has 0 atom stereocenters. The third kappa shape index (κ3) is 2.88. The Hall–Kier alpha value is -2.56. The summed E-state index contributed by atoms with van der Waals surface area (Å²) < 4.78 is 38.6. The number of halogens is 3. The lowest BCUT2D eigenvalue weighted by molar-refractivity contribution is -0.137. The smallest absolute Gasteiger partial charge is 0.354 e. The van der Waals surface area contributed by atoms with Crippen molar-refractivity contribution in [3.05, 3.63) is 70.0 Å². The van der Waals surface area contributed by atoms with Gasteiger partial charge in [0.25, 0.3) is 0 Å². The third-order valence-corrected chi connectivity index (χ3v) is 3.36. The Morgan fingerprint density at radius 1 is 1.14 bits per heavy atom. The van der Waals surface area contributed by atoms with Gasteiger partial charge in [0.1, 0.15) is 0 Å². The molecule has 114 valence electrons. The van der Waals surface area contributed by atoms with Crippen molar-refractivity contribution in [2.75, 3.05) is 0 Å². The van der Waals surface area contributed by atoms with Gasteiger partial charge in [-0.05, 0) is 30.7 Å². The molecular formula is C17H14F3NO. The van der Waals surface area contributed by atoms with E-state index in [0.717, 1.165) is 12.1 Å². The number of aromatic nitrogens is 1. The Bertz CT molecular complexity index is 801. The molecule has 0 aliphatic carbocycles. The second kappa shape index (κ2) is 5.67. The van der Waals surface area contributed by atoms with E-state index in [9.17, 15) is 18.0 Å². The van der Waals surface area contributed by atoms with Crippen molar-refractivity contribution in [1.82, 2.24) is 4.98 Å². The topological polar surface area (TPSA) is 32.9 Å². The average molecular weight is 305 g/mol. The number of H-pyrrole nitrogens is 1. The van der Waals surface area contributed by atoms with Crippen LogP contribution in [0.1, 0.15) is 22.4 Å². The van der Waals surface area contributed by atoms with Crippen molar-refractivity contribution in [2.45, 2.75) is 13.1 Å². The number of rotatable bonds is 3. The number of alkyl halides is 3. The van der Waals surface area contributed by atoms with Crippen LogP contribution >= 0.6 is 0 Å². The molecule has 2 nitrogen and oxygen atoms in total. The fourth-order valence-corrected chi connectivity index (χ4v) is 2.20. The molecule has 22 heavy (non-hydrogen) atoms. The Morgan fingerprint density at radius 3 is 2.36 bits per heavy atom. The summed E-state index contributed by atoms with van der Waals surface area (Å²) in [6.45, 7) is 8.83. The molecule has 0 saturated carbocycles. The highest BCUT2D eigenvalue weighted by Gasteiger charge is 2.31. The van der Waals surface area contributed by atoms with Crippen LogP contribution in [0.25, 0.3) is 23.4 Å². The quantitative estimate of drug-likeness (QED) is 0.879. The molecule has 2 rings (SSSR count). The Kier molecular flexibility index (Phi) is 4.08. The van der Waals surface area contributed by atoms with Gasteiger partial charge in [0.15, 0.2) is 5.43 Å². The number of nitrogens with one attached hydrogen (secondary N) is 1. The first kappa shape index (κ1) is 15.8. The fraction of sp³-hybridized carbons (Fsp3) is 0.118. The van der Waals surface area contributed by atoms with Gasteiger partial charge in [0.2, 0.25) is 0 Å². The largest absolute Gasteiger partial charge is 0.416 e. The summed E-state index contributed by atoms with van der Waals surface area (Å²) in [5.74, 6) is 0. The molecule has 0 radical (unpaired) electrons. The van der Waals surface area contributed by atoms with E-state index in [1.807, 2.05) is 0 Å². The van der Waals surface area contributed by atoms with Gasteiger partial charge in [-0.15, -0.1) is 0 Å². The summed E-state index contributed by atoms with van der Waals surface area (Å²) in [5, 5.41) is 0. The molecule has 0 saturated heterocycles. The van der Waals surface area contributed by atoms with E-state index in [1.54, 1.807) is 6.92 Å².